The summed E-state index contributed by atoms with van der Waals surface area (Å²) in [5.41, 5.74) is 10.7. The molecule has 0 aliphatic carbocycles. The Hall–Kier alpha value is -2.74. The predicted octanol–water partition coefficient (Wildman–Crippen LogP) is 2.70. The van der Waals surface area contributed by atoms with Crippen LogP contribution in [0.5, 0.6) is 5.75 Å². The number of alkyl carbamates (subject to hydrolysis) is 1. The Balaban J connectivity index is 1.75. The molecule has 0 saturated carbocycles. The molecule has 2 heterocycles. The van der Waals surface area contributed by atoms with E-state index in [0.717, 1.165) is 0 Å². The van der Waals surface area contributed by atoms with Gasteiger partial charge >= 0.3 is 6.09 Å². The van der Waals surface area contributed by atoms with Crippen LogP contribution >= 0.6 is 0 Å². The number of rotatable bonds is 13. The van der Waals surface area contributed by atoms with Gasteiger partial charge in [0.25, 0.3) is 0 Å². The molecule has 2 fully saturated rings. The van der Waals surface area contributed by atoms with E-state index >= 15 is 0 Å². The number of hydrogen-bond donors (Lipinski definition) is 4. The monoisotopic (exact) mass is 605 g/mol. The fraction of sp³-hybridized carbons (Fsp3) is 0.567. The van der Waals surface area contributed by atoms with E-state index < -0.39 is 44.3 Å². The number of amides is 1. The second-order valence-corrected chi connectivity index (χ2v) is 14.0. The number of fused-ring (bicyclic) bond motifs is 1. The summed E-state index contributed by atoms with van der Waals surface area (Å²) in [4.78, 5) is 10.6. The van der Waals surface area contributed by atoms with E-state index in [1.165, 1.54) is 31.4 Å². The van der Waals surface area contributed by atoms with Crippen LogP contribution < -0.4 is 21.5 Å². The van der Waals surface area contributed by atoms with E-state index in [1.54, 1.807) is 30.3 Å². The summed E-state index contributed by atoms with van der Waals surface area (Å²) in [6, 6.07) is 14.5. The number of carbonyl (C=O) groups excluding carboxylic acids is 1. The summed E-state index contributed by atoms with van der Waals surface area (Å²) in [6.07, 6.45) is -1.01. The number of nitrogens with two attached hydrogens (primary N) is 2. The average Bonchev–Trinajstić information content (AvgIpc) is 3.57. The van der Waals surface area contributed by atoms with Crippen LogP contribution in [0.4, 0.5) is 4.79 Å². The van der Waals surface area contributed by atoms with Gasteiger partial charge in [0.1, 0.15) is 17.5 Å². The SMILES string of the molecule is COc1ccc(S(=O)(=O)[C@](O)(CCC(C)(C)CCN)[C@](N)(Cc2ccccc2)NC(=O)O[C@H]2CO[C@H]3OCC[C@H]32)cc1. The molecule has 6 N–H and O–H groups in total. The Kier molecular flexibility index (Phi) is 9.86. The van der Waals surface area contributed by atoms with Crippen molar-refractivity contribution in [3.8, 4) is 5.75 Å². The van der Waals surface area contributed by atoms with Crippen LogP contribution in [0.2, 0.25) is 0 Å². The van der Waals surface area contributed by atoms with Crippen molar-refractivity contribution in [2.24, 2.45) is 22.8 Å². The molecule has 2 aliphatic heterocycles. The van der Waals surface area contributed by atoms with Gasteiger partial charge in [0, 0.05) is 6.42 Å². The molecule has 5 atom stereocenters. The van der Waals surface area contributed by atoms with Crippen LogP contribution in [0.1, 0.15) is 45.1 Å². The summed E-state index contributed by atoms with van der Waals surface area (Å²) in [7, 11) is -3.13. The Morgan fingerprint density at radius 3 is 2.40 bits per heavy atom. The number of benzene rings is 2. The third kappa shape index (κ3) is 6.74. The van der Waals surface area contributed by atoms with Crippen molar-refractivity contribution in [3.63, 3.8) is 0 Å². The Morgan fingerprint density at radius 1 is 1.07 bits per heavy atom. The number of sulfone groups is 1. The molecule has 0 bridgehead atoms. The lowest BCUT2D eigenvalue weighted by molar-refractivity contribution is -0.0907. The first-order chi connectivity index (χ1) is 19.8. The second-order valence-electron chi connectivity index (χ2n) is 11.9. The van der Waals surface area contributed by atoms with E-state index in [9.17, 15) is 18.3 Å². The molecule has 232 valence electrons. The van der Waals surface area contributed by atoms with Gasteiger partial charge in [-0.3, -0.25) is 5.32 Å². The lowest BCUT2D eigenvalue weighted by Crippen LogP contribution is -2.74. The summed E-state index contributed by atoms with van der Waals surface area (Å²) in [5, 5.41) is 15.1. The van der Waals surface area contributed by atoms with Gasteiger partial charge in [-0.15, -0.1) is 0 Å². The highest BCUT2D eigenvalue weighted by atomic mass is 32.2. The van der Waals surface area contributed by atoms with Gasteiger partial charge in [-0.2, -0.15) is 0 Å². The highest BCUT2D eigenvalue weighted by Crippen LogP contribution is 2.41. The third-order valence-electron chi connectivity index (χ3n) is 8.37. The molecule has 2 aromatic carbocycles. The highest BCUT2D eigenvalue weighted by Gasteiger charge is 2.59. The minimum absolute atomic E-state index is 0.140. The van der Waals surface area contributed by atoms with Crippen LogP contribution in [0.3, 0.4) is 0 Å². The van der Waals surface area contributed by atoms with Crippen LogP contribution in [-0.4, -0.2) is 69.5 Å². The molecule has 1 amide bonds. The summed E-state index contributed by atoms with van der Waals surface area (Å²) in [6.45, 7) is 4.90. The van der Waals surface area contributed by atoms with Gasteiger partial charge in [0.15, 0.2) is 6.29 Å². The van der Waals surface area contributed by atoms with Gasteiger partial charge in [0.2, 0.25) is 14.8 Å². The van der Waals surface area contributed by atoms with E-state index in [0.29, 0.717) is 37.3 Å². The standard InChI is InChI=1S/C30H43N3O8S/c1-28(2,16-17-31)14-15-30(35,42(36,37)23-11-9-22(38-3)10-12-23)29(32,19-21-7-5-4-6-8-21)33-27(34)41-25-20-40-26-24(25)13-18-39-26/h4-12,24-26,35H,13-20,31-32H2,1-3H3,(H,33,34)/t24-,25-,26+,29-,30+/m0/s1. The van der Waals surface area contributed by atoms with Crippen molar-refractivity contribution in [3.05, 3.63) is 60.2 Å². The van der Waals surface area contributed by atoms with Crippen LogP contribution in [0.15, 0.2) is 59.5 Å². The number of ether oxygens (including phenoxy) is 4. The molecule has 0 unspecified atom stereocenters. The zero-order valence-corrected chi connectivity index (χ0v) is 25.3. The maximum atomic E-state index is 14.4. The smallest absolute Gasteiger partial charge is 0.409 e. The zero-order chi connectivity index (χ0) is 30.6. The molecule has 2 aromatic rings. The molecule has 12 heteroatoms. The fourth-order valence-electron chi connectivity index (χ4n) is 5.66. The summed E-state index contributed by atoms with van der Waals surface area (Å²) < 4.78 is 50.8. The topological polar surface area (TPSA) is 172 Å². The first-order valence-electron chi connectivity index (χ1n) is 14.2. The number of carbonyl (C=O) groups is 1. The molecule has 11 nitrogen and oxygen atoms in total. The van der Waals surface area contributed by atoms with Gasteiger partial charge in [-0.05, 0) is 67.5 Å². The Morgan fingerprint density at radius 2 is 1.76 bits per heavy atom. The van der Waals surface area contributed by atoms with E-state index in [4.69, 9.17) is 30.4 Å². The molecule has 0 radical (unpaired) electrons. The normalized spacial score (nSPS) is 23.4. The number of aliphatic hydroxyl groups is 1. The van der Waals surface area contributed by atoms with Crippen LogP contribution in [0, 0.1) is 11.3 Å². The van der Waals surface area contributed by atoms with E-state index in [-0.39, 0.29) is 36.7 Å². The number of hydrogen-bond acceptors (Lipinski definition) is 10. The minimum atomic E-state index is -4.60. The molecule has 2 aliphatic rings. The molecular weight excluding hydrogens is 562 g/mol. The third-order valence-corrected chi connectivity index (χ3v) is 10.7. The van der Waals surface area contributed by atoms with Gasteiger partial charge < -0.3 is 35.5 Å². The average molecular weight is 606 g/mol. The molecule has 0 aromatic heterocycles. The largest absolute Gasteiger partial charge is 0.497 e. The maximum absolute atomic E-state index is 14.4. The Bertz CT molecular complexity index is 1310. The quantitative estimate of drug-likeness (QED) is 0.249. The first kappa shape index (κ1) is 32.2. The number of nitrogens with one attached hydrogen (secondary N) is 1. The van der Waals surface area contributed by atoms with Crippen LogP contribution in [-0.2, 0) is 30.5 Å². The predicted molar refractivity (Wildman–Crippen MR) is 156 cm³/mol. The van der Waals surface area contributed by atoms with Crippen molar-refractivity contribution < 1.29 is 37.3 Å². The fourth-order valence-corrected chi connectivity index (χ4v) is 7.52. The summed E-state index contributed by atoms with van der Waals surface area (Å²) >= 11 is 0. The maximum Gasteiger partial charge on any atom is 0.409 e. The van der Waals surface area contributed by atoms with Crippen molar-refractivity contribution in [2.45, 2.75) is 73.8 Å². The molecule has 42 heavy (non-hydrogen) atoms. The van der Waals surface area contributed by atoms with Crippen molar-refractivity contribution in [2.75, 3.05) is 26.9 Å². The second kappa shape index (κ2) is 12.9. The summed E-state index contributed by atoms with van der Waals surface area (Å²) in [5.74, 6) is 0.301. The lowest BCUT2D eigenvalue weighted by Gasteiger charge is -2.45. The molecule has 4 rings (SSSR count). The molecular formula is C30H43N3O8S. The van der Waals surface area contributed by atoms with Crippen molar-refractivity contribution >= 4 is 15.9 Å². The lowest BCUT2D eigenvalue weighted by atomic mass is 9.81. The Labute approximate surface area is 247 Å². The van der Waals surface area contributed by atoms with Gasteiger partial charge in [-0.25, -0.2) is 13.2 Å². The van der Waals surface area contributed by atoms with Gasteiger partial charge in [0.05, 0.1) is 31.1 Å². The number of methoxy groups -OCH3 is 1. The van der Waals surface area contributed by atoms with Crippen LogP contribution in [0.25, 0.3) is 0 Å². The highest BCUT2D eigenvalue weighted by molar-refractivity contribution is 7.92. The minimum Gasteiger partial charge on any atom is -0.497 e. The zero-order valence-electron chi connectivity index (χ0n) is 24.5. The molecule has 0 spiro atoms. The van der Waals surface area contributed by atoms with Gasteiger partial charge in [-0.1, -0.05) is 44.2 Å². The van der Waals surface area contributed by atoms with E-state index in [2.05, 4.69) is 5.32 Å². The van der Waals surface area contributed by atoms with E-state index in [1.807, 2.05) is 13.8 Å². The first-order valence-corrected chi connectivity index (χ1v) is 15.7. The van der Waals surface area contributed by atoms with Crippen molar-refractivity contribution in [1.29, 1.82) is 0 Å². The molecule has 2 saturated heterocycles. The van der Waals surface area contributed by atoms with Crippen molar-refractivity contribution in [1.82, 2.24) is 5.32 Å².